The summed E-state index contributed by atoms with van der Waals surface area (Å²) in [7, 11) is 1.43. The Hall–Kier alpha value is -3.26. The quantitative estimate of drug-likeness (QED) is 0.538. The Morgan fingerprint density at radius 3 is 2.25 bits per heavy atom. The molecule has 0 saturated carbocycles. The Morgan fingerprint density at radius 2 is 1.61 bits per heavy atom. The molecule has 0 unspecified atom stereocenters. The lowest BCUT2D eigenvalue weighted by molar-refractivity contribution is -0.131. The number of hydrazine groups is 1. The molecule has 0 radical (unpaired) electrons. The first-order valence-electron chi connectivity index (χ1n) is 8.17. The van der Waals surface area contributed by atoms with Crippen LogP contribution in [0.3, 0.4) is 0 Å². The van der Waals surface area contributed by atoms with Crippen LogP contribution < -0.4 is 20.3 Å². The second-order valence-corrected chi connectivity index (χ2v) is 6.06. The zero-order chi connectivity index (χ0) is 20.5. The van der Waals surface area contributed by atoms with Crippen LogP contribution in [0.25, 0.3) is 0 Å². The molecule has 28 heavy (non-hydrogen) atoms. The summed E-state index contributed by atoms with van der Waals surface area (Å²) in [6.07, 6.45) is 0. The maximum absolute atomic E-state index is 12.1. The van der Waals surface area contributed by atoms with Crippen molar-refractivity contribution < 1.29 is 28.6 Å². The van der Waals surface area contributed by atoms with E-state index in [1.54, 1.807) is 42.5 Å². The molecule has 0 aliphatic carbocycles. The molecule has 2 amide bonds. The third kappa shape index (κ3) is 6.48. The minimum Gasteiger partial charge on any atom is -0.496 e. The highest BCUT2D eigenvalue weighted by molar-refractivity contribution is 6.30. The van der Waals surface area contributed by atoms with Gasteiger partial charge in [0.1, 0.15) is 17.1 Å². The molecule has 0 aliphatic rings. The van der Waals surface area contributed by atoms with Gasteiger partial charge in [-0.2, -0.15) is 0 Å². The van der Waals surface area contributed by atoms with Gasteiger partial charge in [-0.25, -0.2) is 4.79 Å². The van der Waals surface area contributed by atoms with Gasteiger partial charge in [-0.15, -0.1) is 0 Å². The number of ether oxygens (including phenoxy) is 3. The van der Waals surface area contributed by atoms with Crippen molar-refractivity contribution >= 4 is 29.4 Å². The van der Waals surface area contributed by atoms with Crippen molar-refractivity contribution in [1.82, 2.24) is 10.9 Å². The van der Waals surface area contributed by atoms with Crippen LogP contribution in [0.5, 0.6) is 11.5 Å². The van der Waals surface area contributed by atoms with Crippen LogP contribution in [0.15, 0.2) is 42.5 Å². The molecule has 2 aromatic rings. The fourth-order valence-corrected chi connectivity index (χ4v) is 2.21. The third-order valence-electron chi connectivity index (χ3n) is 3.43. The fraction of sp³-hybridized carbons (Fsp3) is 0.211. The van der Waals surface area contributed by atoms with E-state index < -0.39 is 24.4 Å². The number of carbonyl (C=O) groups excluding carboxylic acids is 3. The molecular formula is C19H19ClN2O6. The first-order chi connectivity index (χ1) is 13.4. The van der Waals surface area contributed by atoms with Crippen molar-refractivity contribution in [3.05, 3.63) is 58.6 Å². The normalized spacial score (nSPS) is 9.96. The average molecular weight is 407 g/mol. The number of aryl methyl sites for hydroxylation is 1. The maximum Gasteiger partial charge on any atom is 0.342 e. The minimum atomic E-state index is -0.715. The number of rotatable bonds is 7. The highest BCUT2D eigenvalue weighted by Gasteiger charge is 2.16. The molecule has 0 fully saturated rings. The summed E-state index contributed by atoms with van der Waals surface area (Å²) in [5.41, 5.74) is 5.32. The number of carbonyl (C=O) groups is 3. The Morgan fingerprint density at radius 1 is 0.964 bits per heavy atom. The number of esters is 1. The second kappa shape index (κ2) is 10.2. The van der Waals surface area contributed by atoms with Gasteiger partial charge in [-0.3, -0.25) is 20.4 Å². The van der Waals surface area contributed by atoms with E-state index in [9.17, 15) is 14.4 Å². The zero-order valence-electron chi connectivity index (χ0n) is 15.3. The predicted octanol–water partition coefficient (Wildman–Crippen LogP) is 2.04. The summed E-state index contributed by atoms with van der Waals surface area (Å²) in [6, 6.07) is 11.5. The lowest BCUT2D eigenvalue weighted by Gasteiger charge is -2.11. The highest BCUT2D eigenvalue weighted by atomic mass is 35.5. The van der Waals surface area contributed by atoms with E-state index in [0.717, 1.165) is 5.56 Å². The van der Waals surface area contributed by atoms with Crippen molar-refractivity contribution in [3.8, 4) is 11.5 Å². The van der Waals surface area contributed by atoms with Crippen LogP contribution >= 0.6 is 11.6 Å². The molecule has 9 heteroatoms. The van der Waals surface area contributed by atoms with E-state index in [-0.39, 0.29) is 12.2 Å². The SMILES string of the molecule is COc1ccc(C)cc1C(=O)OCC(=O)NNC(=O)COc1ccc(Cl)cc1. The monoisotopic (exact) mass is 406 g/mol. The summed E-state index contributed by atoms with van der Waals surface area (Å²) < 4.78 is 15.3. The molecule has 0 spiro atoms. The Balaban J connectivity index is 1.73. The van der Waals surface area contributed by atoms with Crippen LogP contribution in [-0.4, -0.2) is 38.1 Å². The van der Waals surface area contributed by atoms with Gasteiger partial charge in [-0.1, -0.05) is 23.2 Å². The summed E-state index contributed by atoms with van der Waals surface area (Å²) >= 11 is 5.75. The van der Waals surface area contributed by atoms with E-state index in [1.165, 1.54) is 7.11 Å². The molecule has 0 atom stereocenters. The molecule has 2 N–H and O–H groups in total. The summed E-state index contributed by atoms with van der Waals surface area (Å²) in [5, 5.41) is 0.543. The zero-order valence-corrected chi connectivity index (χ0v) is 16.0. The number of nitrogens with one attached hydrogen (secondary N) is 2. The number of halogens is 1. The average Bonchev–Trinajstić information content (AvgIpc) is 2.69. The van der Waals surface area contributed by atoms with Crippen LogP contribution in [0.1, 0.15) is 15.9 Å². The lowest BCUT2D eigenvalue weighted by atomic mass is 10.1. The van der Waals surface area contributed by atoms with Gasteiger partial charge in [0.2, 0.25) is 0 Å². The van der Waals surface area contributed by atoms with E-state index in [2.05, 4.69) is 10.9 Å². The van der Waals surface area contributed by atoms with Gasteiger partial charge in [0.05, 0.1) is 7.11 Å². The Kier molecular flexibility index (Phi) is 7.65. The van der Waals surface area contributed by atoms with E-state index in [0.29, 0.717) is 16.5 Å². The van der Waals surface area contributed by atoms with Crippen molar-refractivity contribution in [2.24, 2.45) is 0 Å². The third-order valence-corrected chi connectivity index (χ3v) is 3.69. The van der Waals surface area contributed by atoms with Crippen LogP contribution in [-0.2, 0) is 14.3 Å². The number of hydrogen-bond donors (Lipinski definition) is 2. The molecule has 0 aliphatic heterocycles. The van der Waals surface area contributed by atoms with Gasteiger partial charge in [-0.05, 0) is 43.3 Å². The van der Waals surface area contributed by atoms with E-state index >= 15 is 0 Å². The number of benzene rings is 2. The highest BCUT2D eigenvalue weighted by Crippen LogP contribution is 2.20. The standard InChI is InChI=1S/C19H19ClN2O6/c1-12-3-8-16(26-2)15(9-12)19(25)28-11-18(24)22-21-17(23)10-27-14-6-4-13(20)5-7-14/h3-9H,10-11H2,1-2H3,(H,21,23)(H,22,24). The second-order valence-electron chi connectivity index (χ2n) is 5.62. The molecule has 148 valence electrons. The minimum absolute atomic E-state index is 0.204. The smallest absolute Gasteiger partial charge is 0.342 e. The van der Waals surface area contributed by atoms with Gasteiger partial charge in [0.15, 0.2) is 13.2 Å². The van der Waals surface area contributed by atoms with Crippen molar-refractivity contribution in [1.29, 1.82) is 0 Å². The lowest BCUT2D eigenvalue weighted by Crippen LogP contribution is -2.45. The largest absolute Gasteiger partial charge is 0.496 e. The number of hydrogen-bond acceptors (Lipinski definition) is 6. The topological polar surface area (TPSA) is 103 Å². The van der Waals surface area contributed by atoms with Gasteiger partial charge < -0.3 is 14.2 Å². The van der Waals surface area contributed by atoms with E-state index in [1.807, 2.05) is 6.92 Å². The molecule has 0 aromatic heterocycles. The van der Waals surface area contributed by atoms with Gasteiger partial charge in [0, 0.05) is 5.02 Å². The first-order valence-corrected chi connectivity index (χ1v) is 8.54. The summed E-state index contributed by atoms with van der Waals surface area (Å²) in [5.74, 6) is -1.22. The first kappa shape index (κ1) is 21.0. The van der Waals surface area contributed by atoms with Crippen LogP contribution in [0, 0.1) is 6.92 Å². The molecule has 0 saturated heterocycles. The van der Waals surface area contributed by atoms with Crippen molar-refractivity contribution in [2.45, 2.75) is 6.92 Å². The van der Waals surface area contributed by atoms with Crippen LogP contribution in [0.4, 0.5) is 0 Å². The Bertz CT molecular complexity index is 854. The van der Waals surface area contributed by atoms with Crippen molar-refractivity contribution in [2.75, 3.05) is 20.3 Å². The number of methoxy groups -OCH3 is 1. The summed E-state index contributed by atoms with van der Waals surface area (Å²) in [4.78, 5) is 35.5. The molecule has 2 aromatic carbocycles. The van der Waals surface area contributed by atoms with Crippen LogP contribution in [0.2, 0.25) is 5.02 Å². The van der Waals surface area contributed by atoms with Gasteiger partial charge >= 0.3 is 5.97 Å². The fourth-order valence-electron chi connectivity index (χ4n) is 2.08. The maximum atomic E-state index is 12.1. The molecular weight excluding hydrogens is 388 g/mol. The van der Waals surface area contributed by atoms with Gasteiger partial charge in [0.25, 0.3) is 11.8 Å². The predicted molar refractivity (Wildman–Crippen MR) is 101 cm³/mol. The molecule has 2 rings (SSSR count). The molecule has 8 nitrogen and oxygen atoms in total. The Labute approximate surface area is 166 Å². The number of amides is 2. The molecule has 0 bridgehead atoms. The van der Waals surface area contributed by atoms with E-state index in [4.69, 9.17) is 25.8 Å². The molecule has 0 heterocycles. The summed E-state index contributed by atoms with van der Waals surface area (Å²) in [6.45, 7) is 0.918. The van der Waals surface area contributed by atoms with Crippen molar-refractivity contribution in [3.63, 3.8) is 0 Å².